The first-order valence-electron chi connectivity index (χ1n) is 8.63. The smallest absolute Gasteiger partial charge is 0.306 e. The molecule has 5 nitrogen and oxygen atoms in total. The van der Waals surface area contributed by atoms with Gasteiger partial charge < -0.3 is 9.64 Å². The van der Waals surface area contributed by atoms with Crippen LogP contribution in [0.25, 0.3) is 6.08 Å². The van der Waals surface area contributed by atoms with Crippen LogP contribution in [-0.4, -0.2) is 54.9 Å². The number of likely N-dealkylation sites (N-methyl/N-ethyl adjacent to an activating group) is 1. The van der Waals surface area contributed by atoms with Crippen LogP contribution in [-0.2, 0) is 14.3 Å². The van der Waals surface area contributed by atoms with Gasteiger partial charge in [0.1, 0.15) is 17.5 Å². The first-order chi connectivity index (χ1) is 12.4. The molecule has 0 atom stereocenters. The Labute approximate surface area is 164 Å². The van der Waals surface area contributed by atoms with Gasteiger partial charge in [0.25, 0.3) is 5.91 Å². The molecule has 1 amide bonds. The largest absolute Gasteiger partial charge is 0.460 e. The SMILES string of the molecule is Cc1ccc(C=C2SC(=S)N(CCCC(=O)OCC[NH+](C)C)C2=O)cc1. The zero-order valence-corrected chi connectivity index (χ0v) is 17.0. The van der Waals surface area contributed by atoms with Gasteiger partial charge in [-0.2, -0.15) is 0 Å². The normalized spacial score (nSPS) is 16.0. The van der Waals surface area contributed by atoms with Crippen LogP contribution in [0.2, 0.25) is 0 Å². The fourth-order valence-corrected chi connectivity index (χ4v) is 3.64. The van der Waals surface area contributed by atoms with Gasteiger partial charge >= 0.3 is 5.97 Å². The van der Waals surface area contributed by atoms with Crippen molar-refractivity contribution in [3.8, 4) is 0 Å². The van der Waals surface area contributed by atoms with Gasteiger partial charge in [0.2, 0.25) is 0 Å². The van der Waals surface area contributed by atoms with Crippen molar-refractivity contribution in [1.82, 2.24) is 4.90 Å². The van der Waals surface area contributed by atoms with E-state index in [1.807, 2.05) is 51.4 Å². The number of thioether (sulfide) groups is 1. The van der Waals surface area contributed by atoms with Crippen LogP contribution in [0.3, 0.4) is 0 Å². The van der Waals surface area contributed by atoms with E-state index in [-0.39, 0.29) is 18.3 Å². The zero-order chi connectivity index (χ0) is 19.1. The van der Waals surface area contributed by atoms with E-state index in [0.29, 0.717) is 28.8 Å². The fraction of sp³-hybridized carbons (Fsp3) is 0.421. The Morgan fingerprint density at radius 2 is 2.00 bits per heavy atom. The highest BCUT2D eigenvalue weighted by Crippen LogP contribution is 2.32. The number of rotatable bonds is 8. The molecule has 1 aromatic rings. The predicted octanol–water partition coefficient (Wildman–Crippen LogP) is 1.66. The lowest BCUT2D eigenvalue weighted by Crippen LogP contribution is -3.06. The summed E-state index contributed by atoms with van der Waals surface area (Å²) in [6.07, 6.45) is 2.69. The molecule has 1 fully saturated rings. The Morgan fingerprint density at radius 3 is 2.65 bits per heavy atom. The van der Waals surface area contributed by atoms with Gasteiger partial charge in [-0.1, -0.05) is 53.8 Å². The zero-order valence-electron chi connectivity index (χ0n) is 15.4. The maximum absolute atomic E-state index is 12.5. The molecule has 0 saturated carbocycles. The molecule has 2 rings (SSSR count). The number of amides is 1. The Balaban J connectivity index is 1.83. The van der Waals surface area contributed by atoms with Crippen molar-refractivity contribution in [3.63, 3.8) is 0 Å². The molecule has 7 heteroatoms. The second kappa shape index (κ2) is 9.85. The van der Waals surface area contributed by atoms with Crippen molar-refractivity contribution in [1.29, 1.82) is 0 Å². The van der Waals surface area contributed by atoms with Crippen LogP contribution in [0.5, 0.6) is 0 Å². The van der Waals surface area contributed by atoms with Crippen molar-refractivity contribution in [2.45, 2.75) is 19.8 Å². The number of aryl methyl sites for hydroxylation is 1. The number of thiocarbonyl (C=S) groups is 1. The summed E-state index contributed by atoms with van der Waals surface area (Å²) in [6, 6.07) is 7.98. The van der Waals surface area contributed by atoms with Crippen molar-refractivity contribution < 1.29 is 19.2 Å². The van der Waals surface area contributed by atoms with E-state index in [9.17, 15) is 9.59 Å². The summed E-state index contributed by atoms with van der Waals surface area (Å²) in [6.45, 7) is 3.66. The van der Waals surface area contributed by atoms with Crippen LogP contribution in [0.1, 0.15) is 24.0 Å². The molecular weight excluding hydrogens is 368 g/mol. The summed E-state index contributed by atoms with van der Waals surface area (Å²) in [5, 5.41) is 0. The first kappa shape index (κ1) is 20.6. The van der Waals surface area contributed by atoms with E-state index in [1.54, 1.807) is 4.90 Å². The maximum Gasteiger partial charge on any atom is 0.306 e. The van der Waals surface area contributed by atoms with Crippen LogP contribution >= 0.6 is 24.0 Å². The molecule has 0 unspecified atom stereocenters. The van der Waals surface area contributed by atoms with E-state index in [2.05, 4.69) is 0 Å². The van der Waals surface area contributed by atoms with E-state index < -0.39 is 0 Å². The molecule has 26 heavy (non-hydrogen) atoms. The number of esters is 1. The summed E-state index contributed by atoms with van der Waals surface area (Å²) in [5.74, 6) is -0.322. The third-order valence-electron chi connectivity index (χ3n) is 3.88. The van der Waals surface area contributed by atoms with Crippen molar-refractivity contribution in [2.24, 2.45) is 0 Å². The third kappa shape index (κ3) is 6.23. The molecule has 0 spiro atoms. The molecule has 1 N–H and O–H groups in total. The van der Waals surface area contributed by atoms with Crippen LogP contribution in [0, 0.1) is 6.92 Å². The van der Waals surface area contributed by atoms with Crippen LogP contribution in [0.15, 0.2) is 29.2 Å². The number of quaternary nitrogens is 1. The molecule has 1 aliphatic rings. The number of ether oxygens (including phenoxy) is 1. The van der Waals surface area contributed by atoms with Gasteiger partial charge in [0, 0.05) is 13.0 Å². The molecule has 0 aromatic heterocycles. The van der Waals surface area contributed by atoms with Crippen LogP contribution in [0.4, 0.5) is 0 Å². The van der Waals surface area contributed by atoms with Gasteiger partial charge in [0.15, 0.2) is 0 Å². The molecule has 1 heterocycles. The van der Waals surface area contributed by atoms with Crippen molar-refractivity contribution in [2.75, 3.05) is 33.8 Å². The van der Waals surface area contributed by atoms with Gasteiger partial charge in [0.05, 0.1) is 19.0 Å². The molecule has 0 aliphatic carbocycles. The minimum atomic E-state index is -0.230. The van der Waals surface area contributed by atoms with E-state index >= 15 is 0 Å². The average Bonchev–Trinajstić information content (AvgIpc) is 2.84. The maximum atomic E-state index is 12.5. The lowest BCUT2D eigenvalue weighted by molar-refractivity contribution is -0.858. The molecular formula is C19H25N2O3S2+. The lowest BCUT2D eigenvalue weighted by atomic mass is 10.1. The predicted molar refractivity (Wildman–Crippen MR) is 109 cm³/mol. The molecule has 1 aliphatic heterocycles. The second-order valence-corrected chi connectivity index (χ2v) is 8.20. The molecule has 140 valence electrons. The minimum absolute atomic E-state index is 0.0925. The van der Waals surface area contributed by atoms with Gasteiger partial charge in [-0.3, -0.25) is 14.5 Å². The van der Waals surface area contributed by atoms with Crippen LogP contribution < -0.4 is 4.90 Å². The number of carbonyl (C=O) groups is 2. The van der Waals surface area contributed by atoms with Gasteiger partial charge in [-0.25, -0.2) is 0 Å². The standard InChI is InChI=1S/C19H24N2O3S2/c1-14-6-8-15(9-7-14)13-16-18(23)21(19(25)26-16)10-4-5-17(22)24-12-11-20(2)3/h6-9,13H,4-5,10-12H2,1-3H3/p+1. The van der Waals surface area contributed by atoms with E-state index in [4.69, 9.17) is 17.0 Å². The number of carbonyl (C=O) groups excluding carboxylic acids is 2. The number of nitrogens with zero attached hydrogens (tertiary/aromatic N) is 1. The lowest BCUT2D eigenvalue weighted by Gasteiger charge is -2.14. The summed E-state index contributed by atoms with van der Waals surface area (Å²) in [4.78, 5) is 27.7. The first-order valence-corrected chi connectivity index (χ1v) is 9.86. The minimum Gasteiger partial charge on any atom is -0.460 e. The topological polar surface area (TPSA) is 51.1 Å². The highest BCUT2D eigenvalue weighted by molar-refractivity contribution is 8.26. The Bertz CT molecular complexity index is 699. The monoisotopic (exact) mass is 393 g/mol. The molecule has 0 bridgehead atoms. The summed E-state index contributed by atoms with van der Waals surface area (Å²) in [5.41, 5.74) is 2.15. The number of benzene rings is 1. The van der Waals surface area contributed by atoms with Gasteiger partial charge in [-0.05, 0) is 25.0 Å². The summed E-state index contributed by atoms with van der Waals surface area (Å²) in [7, 11) is 4.01. The number of hydrogen-bond donors (Lipinski definition) is 1. The molecule has 1 saturated heterocycles. The van der Waals surface area contributed by atoms with Crippen molar-refractivity contribution >= 4 is 46.3 Å². The number of hydrogen-bond acceptors (Lipinski definition) is 5. The van der Waals surface area contributed by atoms with E-state index in [1.165, 1.54) is 22.2 Å². The average molecular weight is 394 g/mol. The van der Waals surface area contributed by atoms with E-state index in [0.717, 1.165) is 12.1 Å². The Morgan fingerprint density at radius 1 is 1.31 bits per heavy atom. The molecule has 1 aromatic carbocycles. The summed E-state index contributed by atoms with van der Waals surface area (Å²) >= 11 is 6.62. The summed E-state index contributed by atoms with van der Waals surface area (Å²) < 4.78 is 5.71. The Kier molecular flexibility index (Phi) is 7.81. The highest BCUT2D eigenvalue weighted by atomic mass is 32.2. The third-order valence-corrected chi connectivity index (χ3v) is 5.25. The van der Waals surface area contributed by atoms with Gasteiger partial charge in [-0.15, -0.1) is 0 Å². The van der Waals surface area contributed by atoms with Crippen molar-refractivity contribution in [3.05, 3.63) is 40.3 Å². The highest BCUT2D eigenvalue weighted by Gasteiger charge is 2.31. The quantitative estimate of drug-likeness (QED) is 0.414. The fourth-order valence-electron chi connectivity index (χ4n) is 2.33. The molecule has 0 radical (unpaired) electrons. The number of nitrogens with one attached hydrogen (secondary N) is 1. The Hall–Kier alpha value is -1.70. The second-order valence-electron chi connectivity index (χ2n) is 6.53.